The van der Waals surface area contributed by atoms with Crippen molar-refractivity contribution in [2.75, 3.05) is 6.16 Å². The Morgan fingerprint density at radius 3 is 2.21 bits per heavy atom. The zero-order valence-corrected chi connectivity index (χ0v) is 18.5. The molecule has 2 saturated heterocycles. The second-order valence-corrected chi connectivity index (χ2v) is 14.2. The van der Waals surface area contributed by atoms with Gasteiger partial charge in [0.1, 0.15) is 0 Å². The molecule has 4 unspecified atom stereocenters. The third-order valence-electron chi connectivity index (χ3n) is 5.58. The molecule has 2 fully saturated rings. The van der Waals surface area contributed by atoms with Crippen molar-refractivity contribution < 1.29 is 0 Å². The van der Waals surface area contributed by atoms with Gasteiger partial charge < -0.3 is 0 Å². The molecule has 2 aliphatic heterocycles. The van der Waals surface area contributed by atoms with Crippen LogP contribution < -0.4 is 9.92 Å². The van der Waals surface area contributed by atoms with Gasteiger partial charge in [0.2, 0.25) is 0 Å². The lowest BCUT2D eigenvalue weighted by atomic mass is 10.2. The molecule has 5 atom stereocenters. The maximum Gasteiger partial charge on any atom is 0.0372 e. The third kappa shape index (κ3) is 3.34. The molecule has 4 rings (SSSR count). The molecule has 3 heteroatoms. The van der Waals surface area contributed by atoms with Crippen LogP contribution in [0.4, 0.5) is 0 Å². The van der Waals surface area contributed by atoms with Gasteiger partial charge in [-0.2, -0.15) is 0 Å². The van der Waals surface area contributed by atoms with Crippen LogP contribution >= 0.6 is 27.2 Å². The Kier molecular flexibility index (Phi) is 6.40. The normalized spacial score (nSPS) is 32.8. The van der Waals surface area contributed by atoms with Gasteiger partial charge in [0.05, 0.1) is 0 Å². The fourth-order valence-corrected chi connectivity index (χ4v) is 14.0. The van der Waals surface area contributed by atoms with Crippen LogP contribution in [0.3, 0.4) is 0 Å². The molecule has 24 heavy (non-hydrogen) atoms. The van der Waals surface area contributed by atoms with E-state index in [2.05, 4.69) is 56.4 Å². The van der Waals surface area contributed by atoms with Crippen LogP contribution in [0.2, 0.25) is 0 Å². The van der Waals surface area contributed by atoms with Crippen LogP contribution in [-0.4, -0.2) is 23.1 Å². The fourth-order valence-electron chi connectivity index (χ4n) is 4.33. The first-order chi connectivity index (χ1) is 11.7. The zero-order chi connectivity index (χ0) is 17.3. The highest BCUT2D eigenvalue weighted by molar-refractivity contribution is 7.78. The maximum atomic E-state index is 2.52. The van der Waals surface area contributed by atoms with Crippen molar-refractivity contribution >= 4 is 47.2 Å². The Balaban J connectivity index is 0.000000815. The summed E-state index contributed by atoms with van der Waals surface area (Å²) in [7, 11) is 0.157. The SMILES string of the molecule is CC.CC1CCCP1c1c(P2C(C)CC[C@@H]2C)sc2ccccc12. The number of hydrogen-bond donors (Lipinski definition) is 0. The van der Waals surface area contributed by atoms with E-state index in [9.17, 15) is 0 Å². The molecule has 132 valence electrons. The second kappa shape index (κ2) is 8.16. The topological polar surface area (TPSA) is 0 Å². The van der Waals surface area contributed by atoms with Crippen LogP contribution in [0.15, 0.2) is 24.3 Å². The van der Waals surface area contributed by atoms with E-state index in [0.717, 1.165) is 17.0 Å². The minimum atomic E-state index is 0.0693. The number of benzene rings is 1. The summed E-state index contributed by atoms with van der Waals surface area (Å²) >= 11 is 2.16. The van der Waals surface area contributed by atoms with Gasteiger partial charge in [-0.05, 0) is 54.9 Å². The minimum absolute atomic E-state index is 0.0693. The molecule has 0 amide bonds. The van der Waals surface area contributed by atoms with E-state index in [-0.39, 0.29) is 15.8 Å². The van der Waals surface area contributed by atoms with Gasteiger partial charge in [-0.3, -0.25) is 0 Å². The van der Waals surface area contributed by atoms with Crippen molar-refractivity contribution in [2.45, 2.75) is 77.3 Å². The second-order valence-electron chi connectivity index (χ2n) is 7.12. The largest absolute Gasteiger partial charge is 0.135 e. The number of rotatable bonds is 2. The summed E-state index contributed by atoms with van der Waals surface area (Å²) in [6.45, 7) is 11.6. The van der Waals surface area contributed by atoms with Crippen LogP contribution in [0, 0.1) is 0 Å². The van der Waals surface area contributed by atoms with E-state index in [0.29, 0.717) is 0 Å². The van der Waals surface area contributed by atoms with Crippen molar-refractivity contribution in [3.05, 3.63) is 24.3 Å². The number of thiophene rings is 1. The summed E-state index contributed by atoms with van der Waals surface area (Å²) in [5.41, 5.74) is 2.81. The Morgan fingerprint density at radius 2 is 1.58 bits per heavy atom. The highest BCUT2D eigenvalue weighted by Crippen LogP contribution is 2.59. The number of hydrogen-bond acceptors (Lipinski definition) is 1. The summed E-state index contributed by atoms with van der Waals surface area (Å²) in [6.07, 6.45) is 7.30. The Hall–Kier alpha value is 0.0400. The quantitative estimate of drug-likeness (QED) is 0.499. The average Bonchev–Trinajstić information content (AvgIpc) is 3.26. The maximum absolute atomic E-state index is 2.52. The molecule has 0 nitrogen and oxygen atoms in total. The van der Waals surface area contributed by atoms with E-state index in [4.69, 9.17) is 0 Å². The minimum Gasteiger partial charge on any atom is -0.135 e. The first-order valence-corrected chi connectivity index (χ1v) is 13.6. The summed E-state index contributed by atoms with van der Waals surface area (Å²) in [5, 5.41) is 3.48. The molecular formula is C21H32P2S. The van der Waals surface area contributed by atoms with Crippen LogP contribution in [-0.2, 0) is 0 Å². The van der Waals surface area contributed by atoms with Gasteiger partial charge in [-0.25, -0.2) is 0 Å². The van der Waals surface area contributed by atoms with Crippen LogP contribution in [0.5, 0.6) is 0 Å². The third-order valence-corrected chi connectivity index (χ3v) is 14.1. The van der Waals surface area contributed by atoms with Crippen LogP contribution in [0.1, 0.15) is 60.3 Å². The van der Waals surface area contributed by atoms with E-state index < -0.39 is 0 Å². The average molecular weight is 379 g/mol. The summed E-state index contributed by atoms with van der Waals surface area (Å²) in [5.74, 6) is 0. The van der Waals surface area contributed by atoms with Crippen molar-refractivity contribution in [1.82, 2.24) is 0 Å². The van der Waals surface area contributed by atoms with Crippen molar-refractivity contribution in [2.24, 2.45) is 0 Å². The van der Waals surface area contributed by atoms with Crippen molar-refractivity contribution in [3.8, 4) is 0 Å². The van der Waals surface area contributed by atoms with Gasteiger partial charge in [0, 0.05) is 20.0 Å². The standard InChI is InChI=1S/C19H26P2S.C2H6/c1-13-7-6-12-20(13)18-16-8-4-5-9-17(16)22-19(18)21-14(2)10-11-15(21)3;1-2/h4-5,8-9,13-15H,6-7,10-12H2,1-3H3;1-2H3/t13?,14-,15?,20?,21?;/m0./s1. The molecule has 2 aromatic rings. The lowest BCUT2D eigenvalue weighted by Crippen LogP contribution is -2.23. The molecule has 0 radical (unpaired) electrons. The molecule has 0 aliphatic carbocycles. The Bertz CT molecular complexity index is 668. The lowest BCUT2D eigenvalue weighted by Gasteiger charge is -2.25. The fraction of sp³-hybridized carbons (Fsp3) is 0.619. The molecule has 1 aromatic carbocycles. The molecule has 1 aromatic heterocycles. The van der Waals surface area contributed by atoms with E-state index in [1.807, 2.05) is 23.8 Å². The van der Waals surface area contributed by atoms with Gasteiger partial charge >= 0.3 is 0 Å². The first kappa shape index (κ1) is 18.8. The predicted molar refractivity (Wildman–Crippen MR) is 118 cm³/mol. The predicted octanol–water partition coefficient (Wildman–Crippen LogP) is 6.90. The molecule has 2 aliphatic rings. The zero-order valence-electron chi connectivity index (χ0n) is 15.9. The Morgan fingerprint density at radius 1 is 0.917 bits per heavy atom. The summed E-state index contributed by atoms with van der Waals surface area (Å²) in [6, 6.07) is 9.27. The Labute approximate surface area is 154 Å². The molecular weight excluding hydrogens is 346 g/mol. The highest BCUT2D eigenvalue weighted by atomic mass is 32.1. The first-order valence-electron chi connectivity index (χ1n) is 9.73. The van der Waals surface area contributed by atoms with E-state index in [1.54, 1.807) is 10.1 Å². The lowest BCUT2D eigenvalue weighted by molar-refractivity contribution is 0.777. The number of fused-ring (bicyclic) bond motifs is 1. The monoisotopic (exact) mass is 378 g/mol. The van der Waals surface area contributed by atoms with Gasteiger partial charge in [0.15, 0.2) is 0 Å². The summed E-state index contributed by atoms with van der Waals surface area (Å²) in [4.78, 5) is 0. The molecule has 0 bridgehead atoms. The van der Waals surface area contributed by atoms with E-state index in [1.165, 1.54) is 31.8 Å². The smallest absolute Gasteiger partial charge is 0.0372 e. The molecule has 0 spiro atoms. The van der Waals surface area contributed by atoms with Gasteiger partial charge in [-0.1, -0.05) is 68.7 Å². The van der Waals surface area contributed by atoms with Crippen LogP contribution in [0.25, 0.3) is 10.1 Å². The van der Waals surface area contributed by atoms with Crippen molar-refractivity contribution in [1.29, 1.82) is 0 Å². The molecule has 0 saturated carbocycles. The van der Waals surface area contributed by atoms with Gasteiger partial charge in [0.25, 0.3) is 0 Å². The molecule has 3 heterocycles. The van der Waals surface area contributed by atoms with Gasteiger partial charge in [-0.15, -0.1) is 11.3 Å². The summed E-state index contributed by atoms with van der Waals surface area (Å²) < 4.78 is 3.41. The van der Waals surface area contributed by atoms with E-state index >= 15 is 0 Å². The van der Waals surface area contributed by atoms with Crippen molar-refractivity contribution in [3.63, 3.8) is 0 Å². The molecule has 0 N–H and O–H groups in total. The highest BCUT2D eigenvalue weighted by Gasteiger charge is 2.37.